The summed E-state index contributed by atoms with van der Waals surface area (Å²) in [4.78, 5) is 18.6. The van der Waals surface area contributed by atoms with Gasteiger partial charge in [0, 0.05) is 28.0 Å². The summed E-state index contributed by atoms with van der Waals surface area (Å²) in [7, 11) is 0. The highest BCUT2D eigenvalue weighted by atomic mass is 35.5. The number of aromatic amines is 1. The molecule has 1 aromatic heterocycles. The SMILES string of the molecule is O=C1c2[nH]c3ccccc3c2C(c2cccc(Cl)c2)N1Cc1ccccc1. The zero-order chi connectivity index (χ0) is 18.4. The number of carbonyl (C=O) groups is 1. The number of carbonyl (C=O) groups excluding carboxylic acids is 1. The minimum Gasteiger partial charge on any atom is -0.350 e. The molecular formula is C23H17ClN2O. The van der Waals surface area contributed by atoms with Gasteiger partial charge in [0.15, 0.2) is 0 Å². The second kappa shape index (κ2) is 6.29. The Morgan fingerprint density at radius 1 is 0.926 bits per heavy atom. The minimum atomic E-state index is -0.164. The van der Waals surface area contributed by atoms with Crippen molar-refractivity contribution < 1.29 is 4.79 Å². The van der Waals surface area contributed by atoms with E-state index in [1.54, 1.807) is 0 Å². The summed E-state index contributed by atoms with van der Waals surface area (Å²) in [6, 6.07) is 25.8. The van der Waals surface area contributed by atoms with Crippen LogP contribution in [0.25, 0.3) is 10.9 Å². The second-order valence-corrected chi connectivity index (χ2v) is 7.27. The van der Waals surface area contributed by atoms with Crippen LogP contribution < -0.4 is 0 Å². The van der Waals surface area contributed by atoms with Crippen LogP contribution in [0.2, 0.25) is 5.02 Å². The first-order valence-electron chi connectivity index (χ1n) is 8.93. The van der Waals surface area contributed by atoms with E-state index in [1.165, 1.54) is 0 Å². The van der Waals surface area contributed by atoms with Crippen LogP contribution in [0, 0.1) is 0 Å². The van der Waals surface area contributed by atoms with Gasteiger partial charge >= 0.3 is 0 Å². The van der Waals surface area contributed by atoms with Crippen LogP contribution in [0.3, 0.4) is 0 Å². The molecular weight excluding hydrogens is 356 g/mol. The third kappa shape index (κ3) is 2.63. The molecule has 4 heteroatoms. The summed E-state index contributed by atoms with van der Waals surface area (Å²) >= 11 is 6.28. The summed E-state index contributed by atoms with van der Waals surface area (Å²) < 4.78 is 0. The van der Waals surface area contributed by atoms with Crippen molar-refractivity contribution in [3.63, 3.8) is 0 Å². The van der Waals surface area contributed by atoms with E-state index in [1.807, 2.05) is 77.7 Å². The Hall–Kier alpha value is -3.04. The summed E-state index contributed by atoms with van der Waals surface area (Å²) in [6.07, 6.45) is 0. The lowest BCUT2D eigenvalue weighted by atomic mass is 9.97. The average Bonchev–Trinajstić information content (AvgIpc) is 3.19. The number of halogens is 1. The van der Waals surface area contributed by atoms with Gasteiger partial charge in [-0.15, -0.1) is 0 Å². The molecule has 3 nitrogen and oxygen atoms in total. The van der Waals surface area contributed by atoms with Crippen molar-refractivity contribution in [3.8, 4) is 0 Å². The summed E-state index contributed by atoms with van der Waals surface area (Å²) in [6.45, 7) is 0.549. The van der Waals surface area contributed by atoms with Crippen LogP contribution in [-0.4, -0.2) is 15.8 Å². The number of para-hydroxylation sites is 1. The Balaban J connectivity index is 1.69. The summed E-state index contributed by atoms with van der Waals surface area (Å²) in [5.74, 6) is 0.0232. The molecule has 1 N–H and O–H groups in total. The van der Waals surface area contributed by atoms with Crippen LogP contribution in [0.4, 0.5) is 0 Å². The first kappa shape index (κ1) is 16.2. The van der Waals surface area contributed by atoms with Crippen LogP contribution >= 0.6 is 11.6 Å². The van der Waals surface area contributed by atoms with E-state index in [9.17, 15) is 4.79 Å². The number of benzene rings is 3. The standard InChI is InChI=1S/C23H17ClN2O/c24-17-10-6-9-16(13-17)22-20-18-11-4-5-12-19(18)25-21(20)23(27)26(22)14-15-7-2-1-3-8-15/h1-13,22,25H,14H2. The van der Waals surface area contributed by atoms with Crippen molar-refractivity contribution in [2.45, 2.75) is 12.6 Å². The van der Waals surface area contributed by atoms with Crippen molar-refractivity contribution in [1.29, 1.82) is 0 Å². The highest BCUT2D eigenvalue weighted by Gasteiger charge is 2.40. The molecule has 27 heavy (non-hydrogen) atoms. The Kier molecular flexibility index (Phi) is 3.76. The highest BCUT2D eigenvalue weighted by molar-refractivity contribution is 6.30. The molecule has 0 fully saturated rings. The Morgan fingerprint density at radius 3 is 2.52 bits per heavy atom. The molecule has 2 heterocycles. The van der Waals surface area contributed by atoms with Gasteiger partial charge in [-0.05, 0) is 29.3 Å². The molecule has 1 amide bonds. The van der Waals surface area contributed by atoms with Crippen molar-refractivity contribution >= 4 is 28.4 Å². The van der Waals surface area contributed by atoms with Crippen LogP contribution in [0.5, 0.6) is 0 Å². The third-order valence-corrected chi connectivity index (χ3v) is 5.40. The lowest BCUT2D eigenvalue weighted by Gasteiger charge is -2.26. The van der Waals surface area contributed by atoms with Gasteiger partial charge in [0.2, 0.25) is 0 Å². The number of H-pyrrole nitrogens is 1. The average molecular weight is 373 g/mol. The minimum absolute atomic E-state index is 0.0232. The first-order valence-corrected chi connectivity index (χ1v) is 9.31. The molecule has 1 aliphatic rings. The zero-order valence-electron chi connectivity index (χ0n) is 14.5. The van der Waals surface area contributed by atoms with Gasteiger partial charge in [0.1, 0.15) is 5.69 Å². The lowest BCUT2D eigenvalue weighted by Crippen LogP contribution is -2.28. The maximum atomic E-state index is 13.3. The number of nitrogens with zero attached hydrogens (tertiary/aromatic N) is 1. The largest absolute Gasteiger partial charge is 0.350 e. The number of hydrogen-bond acceptors (Lipinski definition) is 1. The van der Waals surface area contributed by atoms with E-state index in [4.69, 9.17) is 11.6 Å². The summed E-state index contributed by atoms with van der Waals surface area (Å²) in [5.41, 5.74) is 4.83. The number of hydrogen-bond donors (Lipinski definition) is 1. The molecule has 5 rings (SSSR count). The fourth-order valence-corrected chi connectivity index (χ4v) is 4.20. The highest BCUT2D eigenvalue weighted by Crippen LogP contribution is 2.43. The van der Waals surface area contributed by atoms with E-state index >= 15 is 0 Å². The monoisotopic (exact) mass is 372 g/mol. The smallest absolute Gasteiger partial charge is 0.271 e. The molecule has 1 unspecified atom stereocenters. The molecule has 4 aromatic rings. The molecule has 0 bridgehead atoms. The van der Waals surface area contributed by atoms with Crippen molar-refractivity contribution in [1.82, 2.24) is 9.88 Å². The number of amides is 1. The maximum absolute atomic E-state index is 13.3. The van der Waals surface area contributed by atoms with Gasteiger partial charge in [0.25, 0.3) is 5.91 Å². The van der Waals surface area contributed by atoms with Gasteiger partial charge in [-0.1, -0.05) is 72.3 Å². The maximum Gasteiger partial charge on any atom is 0.271 e. The molecule has 0 radical (unpaired) electrons. The summed E-state index contributed by atoms with van der Waals surface area (Å²) in [5, 5.41) is 1.76. The molecule has 1 atom stereocenters. The Morgan fingerprint density at radius 2 is 1.70 bits per heavy atom. The molecule has 3 aromatic carbocycles. The number of aromatic nitrogens is 1. The quantitative estimate of drug-likeness (QED) is 0.501. The molecule has 0 spiro atoms. The fraction of sp³-hybridized carbons (Fsp3) is 0.0870. The Labute approximate surface area is 162 Å². The van der Waals surface area contributed by atoms with Crippen LogP contribution in [0.1, 0.15) is 33.2 Å². The van der Waals surface area contributed by atoms with E-state index in [0.717, 1.165) is 27.6 Å². The number of rotatable bonds is 3. The second-order valence-electron chi connectivity index (χ2n) is 6.84. The topological polar surface area (TPSA) is 36.1 Å². The van der Waals surface area contributed by atoms with Gasteiger partial charge in [-0.2, -0.15) is 0 Å². The number of nitrogens with one attached hydrogen (secondary N) is 1. The van der Waals surface area contributed by atoms with Crippen molar-refractivity contribution in [3.05, 3.63) is 106 Å². The van der Waals surface area contributed by atoms with Gasteiger partial charge < -0.3 is 9.88 Å². The third-order valence-electron chi connectivity index (χ3n) is 5.17. The van der Waals surface area contributed by atoms with Crippen molar-refractivity contribution in [2.24, 2.45) is 0 Å². The van der Waals surface area contributed by atoms with E-state index in [0.29, 0.717) is 17.3 Å². The predicted octanol–water partition coefficient (Wildman–Crippen LogP) is 5.57. The fourth-order valence-electron chi connectivity index (χ4n) is 4.00. The van der Waals surface area contributed by atoms with Crippen LogP contribution in [-0.2, 0) is 6.54 Å². The van der Waals surface area contributed by atoms with Crippen molar-refractivity contribution in [2.75, 3.05) is 0 Å². The molecule has 0 saturated heterocycles. The van der Waals surface area contributed by atoms with E-state index in [2.05, 4.69) is 11.1 Å². The Bertz CT molecular complexity index is 1150. The lowest BCUT2D eigenvalue weighted by molar-refractivity contribution is 0.0732. The first-order chi connectivity index (χ1) is 13.2. The molecule has 1 aliphatic heterocycles. The molecule has 132 valence electrons. The number of fused-ring (bicyclic) bond motifs is 3. The van der Waals surface area contributed by atoms with Gasteiger partial charge in [-0.25, -0.2) is 0 Å². The van der Waals surface area contributed by atoms with Gasteiger partial charge in [-0.3, -0.25) is 4.79 Å². The normalized spacial score (nSPS) is 16.1. The van der Waals surface area contributed by atoms with E-state index < -0.39 is 0 Å². The molecule has 0 saturated carbocycles. The van der Waals surface area contributed by atoms with Crippen LogP contribution in [0.15, 0.2) is 78.9 Å². The predicted molar refractivity (Wildman–Crippen MR) is 108 cm³/mol. The zero-order valence-corrected chi connectivity index (χ0v) is 15.3. The van der Waals surface area contributed by atoms with Gasteiger partial charge in [0.05, 0.1) is 6.04 Å². The molecule has 0 aliphatic carbocycles. The van der Waals surface area contributed by atoms with E-state index in [-0.39, 0.29) is 11.9 Å².